The molecule has 0 bridgehead atoms. The maximum atomic E-state index is 12.0. The van der Waals surface area contributed by atoms with Gasteiger partial charge in [0.1, 0.15) is 0 Å². The number of hydrogen-bond acceptors (Lipinski definition) is 4. The van der Waals surface area contributed by atoms with Gasteiger partial charge in [0.25, 0.3) is 0 Å². The molecule has 0 unspecified atom stereocenters. The minimum Gasteiger partial charge on any atom is -0.748 e. The van der Waals surface area contributed by atoms with Gasteiger partial charge in [-0.3, -0.25) is 4.79 Å². The Morgan fingerprint density at radius 1 is 0.618 bits per heavy atom. The minimum absolute atomic E-state index is 0. The molecule has 0 saturated carbocycles. The van der Waals surface area contributed by atoms with Crippen LogP contribution < -0.4 is 29.6 Å². The summed E-state index contributed by atoms with van der Waals surface area (Å²) >= 11 is 0. The van der Waals surface area contributed by atoms with Crippen molar-refractivity contribution in [3.8, 4) is 0 Å². The fourth-order valence-corrected chi connectivity index (χ4v) is 4.81. The first-order valence-electron chi connectivity index (χ1n) is 14.0. The van der Waals surface area contributed by atoms with Crippen LogP contribution in [0.4, 0.5) is 0 Å². The van der Waals surface area contributed by atoms with E-state index in [-0.39, 0.29) is 41.9 Å². The predicted octanol–water partition coefficient (Wildman–Crippen LogP) is 4.60. The van der Waals surface area contributed by atoms with Crippen molar-refractivity contribution in [1.29, 1.82) is 0 Å². The molecule has 0 heterocycles. The summed E-state index contributed by atoms with van der Waals surface area (Å²) in [6.07, 6.45) is 27.5. The van der Waals surface area contributed by atoms with Crippen molar-refractivity contribution in [2.24, 2.45) is 0 Å². The first-order chi connectivity index (χ1) is 15.9. The van der Waals surface area contributed by atoms with Crippen LogP contribution in [0.2, 0.25) is 0 Å². The van der Waals surface area contributed by atoms with Crippen LogP contribution >= 0.6 is 0 Å². The number of carbonyl (C=O) groups excluding carboxylic acids is 1. The number of amides is 1. The van der Waals surface area contributed by atoms with E-state index in [2.05, 4.69) is 6.92 Å². The molecular weight excluding hydrogens is 457 g/mol. The molecule has 1 amide bonds. The number of hydrogen-bond donors (Lipinski definition) is 0. The average molecular weight is 512 g/mol. The van der Waals surface area contributed by atoms with Gasteiger partial charge in [0, 0.05) is 25.8 Å². The van der Waals surface area contributed by atoms with Crippen LogP contribution in [0.15, 0.2) is 0 Å². The van der Waals surface area contributed by atoms with Crippen molar-refractivity contribution in [2.75, 3.05) is 19.3 Å². The molecule has 0 aromatic carbocycles. The van der Waals surface area contributed by atoms with E-state index in [0.29, 0.717) is 13.0 Å². The molecule has 0 N–H and O–H groups in total. The predicted molar refractivity (Wildman–Crippen MR) is 139 cm³/mol. The molecule has 34 heavy (non-hydrogen) atoms. The van der Waals surface area contributed by atoms with E-state index in [4.69, 9.17) is 0 Å². The standard InChI is InChI=1S/C27H55NO4S.Na/c1-3-4-5-6-7-8-9-10-11-12-13-14-15-16-17-18-19-20-21-22-24-27(29)28(2)25-23-26-33(30,31)32;/h3-26H2,1-2H3,(H,30,31,32);/q;+1/p-1. The molecule has 0 saturated heterocycles. The summed E-state index contributed by atoms with van der Waals surface area (Å²) in [5.41, 5.74) is 0. The Bertz CT molecular complexity index is 543. The molecule has 198 valence electrons. The molecule has 0 radical (unpaired) electrons. The monoisotopic (exact) mass is 511 g/mol. The first-order valence-corrected chi connectivity index (χ1v) is 15.6. The van der Waals surface area contributed by atoms with Gasteiger partial charge in [0.05, 0.1) is 10.1 Å². The van der Waals surface area contributed by atoms with Crippen LogP contribution in [-0.2, 0) is 14.9 Å². The molecule has 0 aromatic rings. The van der Waals surface area contributed by atoms with Gasteiger partial charge in [0.15, 0.2) is 0 Å². The van der Waals surface area contributed by atoms with Crippen LogP contribution in [0.3, 0.4) is 0 Å². The van der Waals surface area contributed by atoms with Crippen LogP contribution in [0, 0.1) is 0 Å². The SMILES string of the molecule is CCCCCCCCCCCCCCCCCCCCCCC(=O)N(C)CCCS(=O)(=O)[O-].[Na+]. The zero-order valence-corrected chi connectivity index (χ0v) is 25.8. The summed E-state index contributed by atoms with van der Waals surface area (Å²) in [6, 6.07) is 0. The largest absolute Gasteiger partial charge is 1.00 e. The van der Waals surface area contributed by atoms with Crippen molar-refractivity contribution in [1.82, 2.24) is 4.90 Å². The average Bonchev–Trinajstić information content (AvgIpc) is 2.76. The Hall–Kier alpha value is 0.380. The third kappa shape index (κ3) is 28.6. The summed E-state index contributed by atoms with van der Waals surface area (Å²) in [5, 5.41) is 0. The van der Waals surface area contributed by atoms with Crippen LogP contribution in [0.1, 0.15) is 148 Å². The number of carbonyl (C=O) groups is 1. The topological polar surface area (TPSA) is 77.5 Å². The van der Waals surface area contributed by atoms with Gasteiger partial charge in [-0.2, -0.15) is 0 Å². The molecule has 5 nitrogen and oxygen atoms in total. The molecule has 0 aliphatic rings. The molecule has 0 fully saturated rings. The smallest absolute Gasteiger partial charge is 0.748 e. The van der Waals surface area contributed by atoms with E-state index in [1.165, 1.54) is 116 Å². The quantitative estimate of drug-likeness (QED) is 0.102. The maximum absolute atomic E-state index is 12.0. The first kappa shape index (κ1) is 36.5. The van der Waals surface area contributed by atoms with Gasteiger partial charge in [-0.1, -0.05) is 129 Å². The second-order valence-corrected chi connectivity index (χ2v) is 11.4. The van der Waals surface area contributed by atoms with Gasteiger partial charge < -0.3 is 9.45 Å². The summed E-state index contributed by atoms with van der Waals surface area (Å²) in [5.74, 6) is -0.357. The van der Waals surface area contributed by atoms with Crippen molar-refractivity contribution in [2.45, 2.75) is 148 Å². The second kappa shape index (κ2) is 26.4. The third-order valence-electron chi connectivity index (χ3n) is 6.56. The molecule has 0 spiro atoms. The van der Waals surface area contributed by atoms with E-state index >= 15 is 0 Å². The van der Waals surface area contributed by atoms with Crippen LogP contribution in [0.5, 0.6) is 0 Å². The maximum Gasteiger partial charge on any atom is 1.00 e. The normalized spacial score (nSPS) is 11.4. The zero-order chi connectivity index (χ0) is 24.6. The summed E-state index contributed by atoms with van der Waals surface area (Å²) < 4.78 is 31.8. The third-order valence-corrected chi connectivity index (χ3v) is 7.35. The van der Waals surface area contributed by atoms with E-state index in [0.717, 1.165) is 12.8 Å². The van der Waals surface area contributed by atoms with E-state index in [9.17, 15) is 17.8 Å². The molecule has 0 atom stereocenters. The van der Waals surface area contributed by atoms with Gasteiger partial charge in [-0.25, -0.2) is 8.42 Å². The molecule has 0 rings (SSSR count). The minimum atomic E-state index is -4.18. The summed E-state index contributed by atoms with van der Waals surface area (Å²) in [7, 11) is -2.50. The van der Waals surface area contributed by atoms with Crippen molar-refractivity contribution in [3.05, 3.63) is 0 Å². The second-order valence-electron chi connectivity index (χ2n) is 9.90. The van der Waals surface area contributed by atoms with Crippen LogP contribution in [-0.4, -0.2) is 43.1 Å². The number of unbranched alkanes of at least 4 members (excludes halogenated alkanes) is 19. The Labute approximate surface area is 234 Å². The van der Waals surface area contributed by atoms with E-state index in [1.54, 1.807) is 11.9 Å². The van der Waals surface area contributed by atoms with E-state index < -0.39 is 15.9 Å². The Morgan fingerprint density at radius 3 is 1.26 bits per heavy atom. The van der Waals surface area contributed by atoms with Crippen molar-refractivity contribution in [3.63, 3.8) is 0 Å². The number of nitrogens with zero attached hydrogens (tertiary/aromatic N) is 1. The Morgan fingerprint density at radius 2 is 0.941 bits per heavy atom. The molecule has 0 aromatic heterocycles. The van der Waals surface area contributed by atoms with Gasteiger partial charge >= 0.3 is 29.6 Å². The summed E-state index contributed by atoms with van der Waals surface area (Å²) in [4.78, 5) is 13.5. The van der Waals surface area contributed by atoms with E-state index in [1.807, 2.05) is 0 Å². The fourth-order valence-electron chi connectivity index (χ4n) is 4.33. The molecule has 0 aliphatic carbocycles. The van der Waals surface area contributed by atoms with Gasteiger partial charge in [-0.05, 0) is 12.8 Å². The van der Waals surface area contributed by atoms with Crippen molar-refractivity contribution >= 4 is 16.0 Å². The van der Waals surface area contributed by atoms with Crippen molar-refractivity contribution < 1.29 is 47.3 Å². The molecule has 7 heteroatoms. The Kier molecular flexibility index (Phi) is 28.4. The number of rotatable bonds is 25. The molecular formula is C27H54NNaO4S. The van der Waals surface area contributed by atoms with Gasteiger partial charge in [0.2, 0.25) is 5.91 Å². The zero-order valence-electron chi connectivity index (χ0n) is 23.0. The Balaban J connectivity index is 0. The molecule has 0 aliphatic heterocycles. The fraction of sp³-hybridized carbons (Fsp3) is 0.963. The van der Waals surface area contributed by atoms with Gasteiger partial charge in [-0.15, -0.1) is 0 Å². The van der Waals surface area contributed by atoms with Crippen LogP contribution in [0.25, 0.3) is 0 Å². The summed E-state index contributed by atoms with van der Waals surface area (Å²) in [6.45, 7) is 2.61.